The molecule has 0 aromatic heterocycles. The van der Waals surface area contributed by atoms with Gasteiger partial charge in [-0.05, 0) is 37.1 Å². The molecular formula is C17H17N3O5. The van der Waals surface area contributed by atoms with Gasteiger partial charge in [0.25, 0.3) is 5.91 Å². The Labute approximate surface area is 144 Å². The lowest BCUT2D eigenvalue weighted by atomic mass is 9.98. The monoisotopic (exact) mass is 343 g/mol. The molecule has 0 radical (unpaired) electrons. The first-order chi connectivity index (χ1) is 11.8. The second kappa shape index (κ2) is 5.80. The summed E-state index contributed by atoms with van der Waals surface area (Å²) in [5.74, 6) is -3.69. The van der Waals surface area contributed by atoms with Crippen LogP contribution in [0.15, 0.2) is 23.3 Å². The van der Waals surface area contributed by atoms with Gasteiger partial charge in [-0.25, -0.2) is 14.7 Å². The largest absolute Gasteiger partial charge is 0.464 e. The van der Waals surface area contributed by atoms with E-state index in [-0.39, 0.29) is 5.71 Å². The maximum Gasteiger partial charge on any atom is 0.355 e. The number of rotatable bonds is 2. The van der Waals surface area contributed by atoms with Crippen LogP contribution in [0.3, 0.4) is 0 Å². The molecule has 2 atom stereocenters. The van der Waals surface area contributed by atoms with E-state index in [2.05, 4.69) is 9.84 Å². The molecule has 8 heteroatoms. The first-order valence-electron chi connectivity index (χ1n) is 7.69. The van der Waals surface area contributed by atoms with Crippen molar-refractivity contribution >= 4 is 35.1 Å². The highest BCUT2D eigenvalue weighted by Crippen LogP contribution is 2.36. The molecule has 130 valence electrons. The molecule has 1 fully saturated rings. The lowest BCUT2D eigenvalue weighted by Crippen LogP contribution is -2.41. The van der Waals surface area contributed by atoms with Crippen LogP contribution < -0.4 is 4.90 Å². The van der Waals surface area contributed by atoms with E-state index in [9.17, 15) is 19.2 Å². The molecule has 2 aliphatic rings. The molecule has 0 N–H and O–H groups in total. The van der Waals surface area contributed by atoms with Crippen LogP contribution in [-0.4, -0.2) is 47.6 Å². The fourth-order valence-electron chi connectivity index (χ4n) is 3.28. The third-order valence-electron chi connectivity index (χ3n) is 4.23. The molecule has 8 nitrogen and oxygen atoms in total. The standard InChI is InChI=1S/C17H17N3O5/c1-8-5-9(2)7-11(6-8)19-15(22)12-13(17(24)25-4)18-20(10(3)21)14(12)16(19)23/h5-7,12,14H,1-4H3. The summed E-state index contributed by atoms with van der Waals surface area (Å²) in [6.45, 7) is 4.93. The number of hydrazone groups is 1. The first kappa shape index (κ1) is 16.8. The van der Waals surface area contributed by atoms with E-state index in [0.29, 0.717) is 5.69 Å². The van der Waals surface area contributed by atoms with Gasteiger partial charge < -0.3 is 4.74 Å². The van der Waals surface area contributed by atoms with Crippen molar-refractivity contribution in [3.8, 4) is 0 Å². The smallest absolute Gasteiger partial charge is 0.355 e. The minimum absolute atomic E-state index is 0.229. The van der Waals surface area contributed by atoms with E-state index in [0.717, 1.165) is 28.1 Å². The molecule has 3 amide bonds. The number of anilines is 1. The molecular weight excluding hydrogens is 326 g/mol. The summed E-state index contributed by atoms with van der Waals surface area (Å²) in [5, 5.41) is 4.75. The van der Waals surface area contributed by atoms with Crippen molar-refractivity contribution in [1.82, 2.24) is 5.01 Å². The lowest BCUT2D eigenvalue weighted by molar-refractivity contribution is -0.136. The summed E-state index contributed by atoms with van der Waals surface area (Å²) >= 11 is 0. The van der Waals surface area contributed by atoms with Crippen LogP contribution in [0.2, 0.25) is 0 Å². The zero-order valence-corrected chi connectivity index (χ0v) is 14.3. The fourth-order valence-corrected chi connectivity index (χ4v) is 3.28. The molecule has 2 heterocycles. The van der Waals surface area contributed by atoms with E-state index in [1.807, 2.05) is 19.9 Å². The summed E-state index contributed by atoms with van der Waals surface area (Å²) in [6, 6.07) is 4.17. The van der Waals surface area contributed by atoms with Crippen LogP contribution in [0.5, 0.6) is 0 Å². The van der Waals surface area contributed by atoms with Crippen molar-refractivity contribution in [2.45, 2.75) is 26.8 Å². The highest BCUT2D eigenvalue weighted by Gasteiger charge is 2.59. The quantitative estimate of drug-likeness (QED) is 0.577. The lowest BCUT2D eigenvalue weighted by Gasteiger charge is -2.19. The van der Waals surface area contributed by atoms with Gasteiger partial charge in [0.05, 0.1) is 12.8 Å². The van der Waals surface area contributed by atoms with Gasteiger partial charge in [-0.1, -0.05) is 6.07 Å². The van der Waals surface area contributed by atoms with Gasteiger partial charge >= 0.3 is 5.97 Å². The Kier molecular flexibility index (Phi) is 3.90. The number of benzene rings is 1. The van der Waals surface area contributed by atoms with E-state index in [1.165, 1.54) is 6.92 Å². The Hall–Kier alpha value is -3.03. The van der Waals surface area contributed by atoms with Crippen LogP contribution in [0.25, 0.3) is 0 Å². The number of hydrogen-bond donors (Lipinski definition) is 0. The average molecular weight is 343 g/mol. The Morgan fingerprint density at radius 1 is 1.08 bits per heavy atom. The van der Waals surface area contributed by atoms with Crippen LogP contribution in [0, 0.1) is 19.8 Å². The summed E-state index contributed by atoms with van der Waals surface area (Å²) in [7, 11) is 1.15. The molecule has 0 saturated carbocycles. The van der Waals surface area contributed by atoms with Crippen molar-refractivity contribution in [3.05, 3.63) is 29.3 Å². The van der Waals surface area contributed by atoms with Crippen molar-refractivity contribution in [1.29, 1.82) is 0 Å². The summed E-state index contributed by atoms with van der Waals surface area (Å²) in [5.41, 5.74) is 1.96. The normalized spacial score (nSPS) is 22.2. The topological polar surface area (TPSA) is 96.3 Å². The highest BCUT2D eigenvalue weighted by atomic mass is 16.5. The van der Waals surface area contributed by atoms with Crippen LogP contribution in [-0.2, 0) is 23.9 Å². The van der Waals surface area contributed by atoms with Crippen molar-refractivity contribution in [3.63, 3.8) is 0 Å². The van der Waals surface area contributed by atoms with Crippen LogP contribution >= 0.6 is 0 Å². The number of imide groups is 1. The zero-order valence-electron chi connectivity index (χ0n) is 14.3. The molecule has 1 aromatic rings. The third-order valence-corrected chi connectivity index (χ3v) is 4.23. The second-order valence-corrected chi connectivity index (χ2v) is 6.12. The van der Waals surface area contributed by atoms with Crippen molar-refractivity contribution in [2.24, 2.45) is 11.0 Å². The minimum atomic E-state index is -1.15. The van der Waals surface area contributed by atoms with Gasteiger partial charge in [0.15, 0.2) is 11.8 Å². The van der Waals surface area contributed by atoms with E-state index >= 15 is 0 Å². The van der Waals surface area contributed by atoms with E-state index in [1.54, 1.807) is 12.1 Å². The molecule has 1 saturated heterocycles. The predicted molar refractivity (Wildman–Crippen MR) is 87.7 cm³/mol. The Morgan fingerprint density at radius 3 is 2.20 bits per heavy atom. The first-order valence-corrected chi connectivity index (χ1v) is 7.69. The van der Waals surface area contributed by atoms with Crippen LogP contribution in [0.4, 0.5) is 5.69 Å². The summed E-state index contributed by atoms with van der Waals surface area (Å²) in [6.07, 6.45) is 0. The third kappa shape index (κ3) is 2.50. The number of amides is 3. The second-order valence-electron chi connectivity index (χ2n) is 6.12. The molecule has 2 aliphatic heterocycles. The van der Waals surface area contributed by atoms with Gasteiger partial charge in [-0.3, -0.25) is 14.4 Å². The number of fused-ring (bicyclic) bond motifs is 1. The summed E-state index contributed by atoms with van der Waals surface area (Å²) in [4.78, 5) is 50.6. The average Bonchev–Trinajstić information content (AvgIpc) is 3.03. The van der Waals surface area contributed by atoms with Crippen molar-refractivity contribution < 1.29 is 23.9 Å². The number of carbonyl (C=O) groups is 4. The van der Waals surface area contributed by atoms with Gasteiger partial charge in [0.2, 0.25) is 11.8 Å². The Morgan fingerprint density at radius 2 is 1.68 bits per heavy atom. The minimum Gasteiger partial charge on any atom is -0.464 e. The van der Waals surface area contributed by atoms with Crippen molar-refractivity contribution in [2.75, 3.05) is 12.0 Å². The van der Waals surface area contributed by atoms with Gasteiger partial charge in [0.1, 0.15) is 5.92 Å². The Bertz CT molecular complexity index is 824. The number of ether oxygens (including phenoxy) is 1. The molecule has 2 unspecified atom stereocenters. The number of hydrogen-bond acceptors (Lipinski definition) is 6. The maximum atomic E-state index is 12.9. The van der Waals surface area contributed by atoms with E-state index < -0.39 is 35.7 Å². The predicted octanol–water partition coefficient (Wildman–Crippen LogP) is 0.553. The molecule has 0 bridgehead atoms. The molecule has 0 aliphatic carbocycles. The van der Waals surface area contributed by atoms with Crippen LogP contribution in [0.1, 0.15) is 18.1 Å². The maximum absolute atomic E-state index is 12.9. The molecule has 0 spiro atoms. The molecule has 3 rings (SSSR count). The number of methoxy groups -OCH3 is 1. The van der Waals surface area contributed by atoms with Gasteiger partial charge in [-0.15, -0.1) is 0 Å². The number of nitrogens with zero attached hydrogens (tertiary/aromatic N) is 3. The summed E-state index contributed by atoms with van der Waals surface area (Å²) < 4.78 is 4.64. The number of carbonyl (C=O) groups excluding carboxylic acids is 4. The van der Waals surface area contributed by atoms with Gasteiger partial charge in [0, 0.05) is 6.92 Å². The fraction of sp³-hybridized carbons (Fsp3) is 0.353. The zero-order chi connectivity index (χ0) is 18.5. The Balaban J connectivity index is 2.09. The number of aryl methyl sites for hydroxylation is 2. The SMILES string of the molecule is COC(=O)C1=NN(C(C)=O)C2C(=O)N(c3cc(C)cc(C)c3)C(=O)C12. The molecule has 1 aromatic carbocycles. The van der Waals surface area contributed by atoms with E-state index in [4.69, 9.17) is 0 Å². The number of esters is 1. The van der Waals surface area contributed by atoms with Gasteiger partial charge in [-0.2, -0.15) is 5.10 Å². The highest BCUT2D eigenvalue weighted by molar-refractivity contribution is 6.47. The molecule has 25 heavy (non-hydrogen) atoms.